The van der Waals surface area contributed by atoms with E-state index in [4.69, 9.17) is 16.0 Å². The number of aromatic nitrogens is 1. The number of carbonyl (C=O) groups is 1. The highest BCUT2D eigenvalue weighted by Crippen LogP contribution is 2.28. The van der Waals surface area contributed by atoms with Gasteiger partial charge in [0, 0.05) is 6.07 Å². The molecule has 1 aliphatic carbocycles. The van der Waals surface area contributed by atoms with Crippen molar-refractivity contribution >= 4 is 34.4 Å². The Bertz CT molecular complexity index is 948. The van der Waals surface area contributed by atoms with Crippen LogP contribution in [0.25, 0.3) is 11.1 Å². The van der Waals surface area contributed by atoms with Gasteiger partial charge in [0.15, 0.2) is 5.58 Å². The number of aryl methyl sites for hydroxylation is 2. The van der Waals surface area contributed by atoms with E-state index in [0.717, 1.165) is 23.9 Å². The third-order valence-electron chi connectivity index (χ3n) is 4.82. The Kier molecular flexibility index (Phi) is 4.22. The molecule has 2 aromatic heterocycles. The Hall–Kier alpha value is -2.33. The Morgan fingerprint density at radius 1 is 1.28 bits per heavy atom. The first-order valence-corrected chi connectivity index (χ1v) is 9.01. The predicted molar refractivity (Wildman–Crippen MR) is 99.1 cm³/mol. The molecule has 0 radical (unpaired) electrons. The van der Waals surface area contributed by atoms with Gasteiger partial charge in [-0.05, 0) is 60.6 Å². The molecule has 0 fully saturated rings. The summed E-state index contributed by atoms with van der Waals surface area (Å²) in [4.78, 5) is 18.6. The summed E-state index contributed by atoms with van der Waals surface area (Å²) in [6.45, 7) is 2.62. The lowest BCUT2D eigenvalue weighted by Gasteiger charge is -2.22. The first-order chi connectivity index (χ1) is 12.2. The van der Waals surface area contributed by atoms with Gasteiger partial charge >= 0.3 is 0 Å². The second kappa shape index (κ2) is 6.52. The van der Waals surface area contributed by atoms with Crippen LogP contribution in [0.1, 0.15) is 28.7 Å². The predicted octanol–water partition coefficient (Wildman–Crippen LogP) is 4.40. The van der Waals surface area contributed by atoms with Gasteiger partial charge in [-0.15, -0.1) is 11.6 Å². The minimum atomic E-state index is -0.157. The summed E-state index contributed by atoms with van der Waals surface area (Å²) in [7, 11) is 0. The molecule has 0 spiro atoms. The number of halogens is 1. The number of anilines is 1. The number of pyridine rings is 1. The Morgan fingerprint density at radius 2 is 2.16 bits per heavy atom. The van der Waals surface area contributed by atoms with Crippen molar-refractivity contribution in [3.63, 3.8) is 0 Å². The smallest absolute Gasteiger partial charge is 0.243 e. The number of amides is 1. The summed E-state index contributed by atoms with van der Waals surface area (Å²) in [6, 6.07) is 9.83. The van der Waals surface area contributed by atoms with Gasteiger partial charge in [-0.2, -0.15) is 0 Å². The van der Waals surface area contributed by atoms with E-state index in [9.17, 15) is 4.79 Å². The average molecular weight is 355 g/mol. The van der Waals surface area contributed by atoms with Crippen molar-refractivity contribution in [3.05, 3.63) is 58.8 Å². The number of carbonyl (C=O) groups excluding carboxylic acids is 1. The number of furan rings is 1. The zero-order chi connectivity index (χ0) is 17.4. The normalized spacial score (nSPS) is 13.2. The zero-order valence-electron chi connectivity index (χ0n) is 14.1. The van der Waals surface area contributed by atoms with Gasteiger partial charge < -0.3 is 4.42 Å². The monoisotopic (exact) mass is 354 g/mol. The topological polar surface area (TPSA) is 46.3 Å². The molecule has 0 unspecified atom stereocenters. The van der Waals surface area contributed by atoms with Crippen LogP contribution in [0.5, 0.6) is 0 Å². The molecular weight excluding hydrogens is 336 g/mol. The maximum Gasteiger partial charge on any atom is 0.243 e. The Balaban J connectivity index is 1.70. The highest BCUT2D eigenvalue weighted by atomic mass is 35.5. The van der Waals surface area contributed by atoms with Crippen LogP contribution < -0.4 is 4.90 Å². The molecule has 25 heavy (non-hydrogen) atoms. The van der Waals surface area contributed by atoms with Gasteiger partial charge in [-0.25, -0.2) is 4.98 Å². The molecule has 3 aromatic rings. The molecule has 5 heteroatoms. The first kappa shape index (κ1) is 16.2. The van der Waals surface area contributed by atoms with Gasteiger partial charge in [0.1, 0.15) is 17.2 Å². The first-order valence-electron chi connectivity index (χ1n) is 8.47. The van der Waals surface area contributed by atoms with E-state index in [0.29, 0.717) is 17.9 Å². The standard InChI is InChI=1S/C20H19ClN2O2/c1-13-9-14(10-15-3-2-4-16(13)15)12-23(20(24)11-21)19-6-5-18-17(22-19)7-8-25-18/h5-10H,2-4,11-12H2,1H3. The van der Waals surface area contributed by atoms with Crippen LogP contribution in [-0.4, -0.2) is 16.8 Å². The quantitative estimate of drug-likeness (QED) is 0.652. The highest BCUT2D eigenvalue weighted by Gasteiger charge is 2.20. The maximum atomic E-state index is 12.4. The van der Waals surface area contributed by atoms with Crippen LogP contribution in [0.2, 0.25) is 0 Å². The summed E-state index contributed by atoms with van der Waals surface area (Å²) in [5.41, 5.74) is 6.74. The summed E-state index contributed by atoms with van der Waals surface area (Å²) >= 11 is 5.85. The minimum absolute atomic E-state index is 0.0744. The van der Waals surface area contributed by atoms with E-state index in [-0.39, 0.29) is 11.8 Å². The van der Waals surface area contributed by atoms with Gasteiger partial charge in [0.2, 0.25) is 5.91 Å². The SMILES string of the molecule is Cc1cc(CN(C(=O)CCl)c2ccc3occc3n2)cc2c1CCC2. The number of rotatable bonds is 4. The van der Waals surface area contributed by atoms with Crippen LogP contribution in [0.3, 0.4) is 0 Å². The number of nitrogens with zero attached hydrogens (tertiary/aromatic N) is 2. The lowest BCUT2D eigenvalue weighted by atomic mass is 10.0. The van der Waals surface area contributed by atoms with Crippen LogP contribution in [0.4, 0.5) is 5.82 Å². The molecule has 0 aliphatic heterocycles. The second-order valence-corrected chi connectivity index (χ2v) is 6.76. The van der Waals surface area contributed by atoms with E-state index in [1.165, 1.54) is 23.1 Å². The summed E-state index contributed by atoms with van der Waals surface area (Å²) < 4.78 is 5.33. The molecule has 0 atom stereocenters. The fourth-order valence-electron chi connectivity index (χ4n) is 3.64. The molecule has 1 aliphatic rings. The number of fused-ring (bicyclic) bond motifs is 2. The van der Waals surface area contributed by atoms with E-state index in [1.807, 2.05) is 6.07 Å². The maximum absolute atomic E-state index is 12.4. The van der Waals surface area contributed by atoms with Crippen molar-refractivity contribution in [1.82, 2.24) is 4.98 Å². The highest BCUT2D eigenvalue weighted by molar-refractivity contribution is 6.29. The van der Waals surface area contributed by atoms with Crippen LogP contribution >= 0.6 is 11.6 Å². The summed E-state index contributed by atoms with van der Waals surface area (Å²) in [5, 5.41) is 0. The fourth-order valence-corrected chi connectivity index (χ4v) is 3.79. The van der Waals surface area contributed by atoms with Crippen LogP contribution in [0, 0.1) is 6.92 Å². The molecule has 128 valence electrons. The fraction of sp³-hybridized carbons (Fsp3) is 0.300. The van der Waals surface area contributed by atoms with Crippen LogP contribution in [-0.2, 0) is 24.2 Å². The van der Waals surface area contributed by atoms with Crippen molar-refractivity contribution in [1.29, 1.82) is 0 Å². The van der Waals surface area contributed by atoms with Crippen molar-refractivity contribution in [2.45, 2.75) is 32.7 Å². The molecule has 0 saturated heterocycles. The van der Waals surface area contributed by atoms with E-state index in [2.05, 4.69) is 24.0 Å². The van der Waals surface area contributed by atoms with E-state index >= 15 is 0 Å². The number of hydrogen-bond acceptors (Lipinski definition) is 3. The third-order valence-corrected chi connectivity index (χ3v) is 5.05. The van der Waals surface area contributed by atoms with Crippen molar-refractivity contribution in [2.75, 3.05) is 10.8 Å². The molecule has 0 saturated carbocycles. The van der Waals surface area contributed by atoms with Gasteiger partial charge in [-0.1, -0.05) is 12.1 Å². The van der Waals surface area contributed by atoms with Crippen LogP contribution in [0.15, 0.2) is 41.0 Å². The zero-order valence-corrected chi connectivity index (χ0v) is 14.8. The van der Waals surface area contributed by atoms with Gasteiger partial charge in [-0.3, -0.25) is 9.69 Å². The Morgan fingerprint density at radius 3 is 3.00 bits per heavy atom. The van der Waals surface area contributed by atoms with Gasteiger partial charge in [0.05, 0.1) is 12.8 Å². The summed E-state index contributed by atoms with van der Waals surface area (Å²) in [6.07, 6.45) is 5.08. The lowest BCUT2D eigenvalue weighted by molar-refractivity contribution is -0.116. The average Bonchev–Trinajstić information content (AvgIpc) is 3.27. The van der Waals surface area contributed by atoms with Crippen molar-refractivity contribution in [3.8, 4) is 0 Å². The van der Waals surface area contributed by atoms with Crippen molar-refractivity contribution < 1.29 is 9.21 Å². The molecule has 2 heterocycles. The van der Waals surface area contributed by atoms with Crippen molar-refractivity contribution in [2.24, 2.45) is 0 Å². The summed E-state index contributed by atoms with van der Waals surface area (Å²) in [5.74, 6) is 0.363. The third kappa shape index (κ3) is 3.02. The largest absolute Gasteiger partial charge is 0.463 e. The molecule has 1 amide bonds. The molecule has 4 rings (SSSR count). The Labute approximate surface area is 151 Å². The minimum Gasteiger partial charge on any atom is -0.463 e. The van der Waals surface area contributed by atoms with Gasteiger partial charge in [0.25, 0.3) is 0 Å². The second-order valence-electron chi connectivity index (χ2n) is 6.49. The van der Waals surface area contributed by atoms with E-state index in [1.54, 1.807) is 23.3 Å². The lowest BCUT2D eigenvalue weighted by Crippen LogP contribution is -2.32. The molecule has 1 aromatic carbocycles. The molecular formula is C20H19ClN2O2. The molecule has 0 N–H and O–H groups in total. The number of benzene rings is 1. The molecule has 4 nitrogen and oxygen atoms in total. The number of alkyl halides is 1. The number of hydrogen-bond donors (Lipinski definition) is 0. The van der Waals surface area contributed by atoms with E-state index < -0.39 is 0 Å². The molecule has 0 bridgehead atoms.